The molecule has 11 aromatic carbocycles. The van der Waals surface area contributed by atoms with Gasteiger partial charge in [-0.1, -0.05) is 293 Å². The van der Waals surface area contributed by atoms with Crippen LogP contribution in [0.25, 0.3) is 49.7 Å². The third-order valence-electron chi connectivity index (χ3n) is 16.2. The van der Waals surface area contributed by atoms with Crippen molar-refractivity contribution in [3.8, 4) is 33.7 Å². The third kappa shape index (κ3) is 10.0. The normalized spacial score (nSPS) is 11.8. The zero-order chi connectivity index (χ0) is 53.3. The summed E-state index contributed by atoms with van der Waals surface area (Å²) in [4.78, 5) is 0. The van der Waals surface area contributed by atoms with Gasteiger partial charge in [-0.25, -0.2) is 0 Å². The predicted molar refractivity (Wildman–Crippen MR) is 346 cm³/mol. The van der Waals surface area contributed by atoms with E-state index >= 15 is 0 Å². The number of nitrogens with zero attached hydrogens (tertiary/aromatic N) is 1. The Kier molecular flexibility index (Phi) is 15.5. The third-order valence-corrected chi connectivity index (χ3v) is 26.1. The largest absolute Gasteiger partial charge is 0.491 e. The van der Waals surface area contributed by atoms with Crippen LogP contribution in [0.2, 0.25) is 0 Å². The van der Waals surface area contributed by atoms with E-state index in [1.165, 1.54) is 100 Å². The molecule has 386 valence electrons. The number of benzene rings is 11. The maximum Gasteiger partial charge on any atom is 0.179 e. The molecule has 1 heterocycles. The van der Waals surface area contributed by atoms with Crippen LogP contribution in [0.1, 0.15) is 38.5 Å². The van der Waals surface area contributed by atoms with E-state index in [0.29, 0.717) is 6.61 Å². The Morgan fingerprint density at radius 3 is 0.962 bits per heavy atom. The summed E-state index contributed by atoms with van der Waals surface area (Å²) in [5.74, 6) is 1.86. The Hall–Kier alpha value is -8.20. The number of thiol groups is 1. The smallest absolute Gasteiger partial charge is 0.179 e. The first kappa shape index (κ1) is 51.6. The van der Waals surface area contributed by atoms with Gasteiger partial charge in [0.1, 0.15) is 5.75 Å². The van der Waals surface area contributed by atoms with Gasteiger partial charge in [-0.15, -0.1) is 0 Å². The average molecular weight is 1070 g/mol. The molecule has 0 spiro atoms. The van der Waals surface area contributed by atoms with Crippen molar-refractivity contribution >= 4 is 92.1 Å². The minimum Gasteiger partial charge on any atom is -0.491 e. The van der Waals surface area contributed by atoms with Crippen molar-refractivity contribution in [2.45, 2.75) is 38.5 Å². The van der Waals surface area contributed by atoms with Gasteiger partial charge in [-0.3, -0.25) is 0 Å². The zero-order valence-corrected chi connectivity index (χ0v) is 47.6. The summed E-state index contributed by atoms with van der Waals surface area (Å²) in [6.45, 7) is 0.676. The van der Waals surface area contributed by atoms with Crippen LogP contribution in [0.5, 0.6) is 5.75 Å². The Labute approximate surface area is 474 Å². The van der Waals surface area contributed by atoms with E-state index in [1.54, 1.807) is 0 Å². The van der Waals surface area contributed by atoms with Gasteiger partial charge in [0.2, 0.25) is 0 Å². The van der Waals surface area contributed by atoms with Gasteiger partial charge in [0.05, 0.1) is 23.3 Å². The highest BCUT2D eigenvalue weighted by atomic mass is 32.1. The minimum absolute atomic E-state index is 0.676. The van der Waals surface area contributed by atoms with Crippen LogP contribution in [0, 0.1) is 0 Å². The molecule has 2 nitrogen and oxygen atoms in total. The number of unbranched alkanes of at least 4 members (excludes halogenated alkanes) is 5. The number of hydrogen-bond acceptors (Lipinski definition) is 2. The lowest BCUT2D eigenvalue weighted by molar-refractivity contribution is 0.304. The summed E-state index contributed by atoms with van der Waals surface area (Å²) in [5, 5.41) is 13.3. The van der Waals surface area contributed by atoms with Crippen molar-refractivity contribution in [1.82, 2.24) is 4.57 Å². The van der Waals surface area contributed by atoms with Crippen molar-refractivity contribution in [2.75, 3.05) is 12.4 Å². The summed E-state index contributed by atoms with van der Waals surface area (Å²) in [5.41, 5.74) is 8.05. The standard InChI is InChI=1S/C74H65NOSSi2/c77-54-26-4-2-1-3-25-53-76-74-40-24-23-39-71(74)75-72-55-59(57-41-47-67(48-42-57)78(61-27-11-5-12-28-61,62-29-13-6-14-30-62)63-31-15-7-16-32-63)45-51-69(72)70-52-46-60(56-73(70)75)58-43-49-68(50-44-58)79(64-33-17-8-18-34-64,65-35-19-9-20-36-65)66-37-21-10-22-38-66/h5-24,27-52,55-56,77H,1-4,25-26,53-54H2. The molecule has 5 heteroatoms. The summed E-state index contributed by atoms with van der Waals surface area (Å²) in [7, 11) is -5.37. The van der Waals surface area contributed by atoms with Gasteiger partial charge in [-0.2, -0.15) is 12.6 Å². The highest BCUT2D eigenvalue weighted by molar-refractivity contribution is 7.80. The number of hydrogen-bond donors (Lipinski definition) is 1. The molecule has 79 heavy (non-hydrogen) atoms. The Morgan fingerprint density at radius 1 is 0.291 bits per heavy atom. The van der Waals surface area contributed by atoms with Crippen LogP contribution >= 0.6 is 12.6 Å². The molecule has 1 aromatic heterocycles. The minimum atomic E-state index is -2.69. The molecule has 12 aromatic rings. The van der Waals surface area contributed by atoms with Gasteiger partial charge < -0.3 is 9.30 Å². The van der Waals surface area contributed by atoms with E-state index in [0.717, 1.165) is 41.1 Å². The van der Waals surface area contributed by atoms with Crippen molar-refractivity contribution in [2.24, 2.45) is 0 Å². The fourth-order valence-electron chi connectivity index (χ4n) is 12.5. The van der Waals surface area contributed by atoms with Crippen LogP contribution < -0.4 is 46.2 Å². The van der Waals surface area contributed by atoms with Crippen LogP contribution in [-0.2, 0) is 0 Å². The highest BCUT2D eigenvalue weighted by Crippen LogP contribution is 2.39. The number of aromatic nitrogens is 1. The lowest BCUT2D eigenvalue weighted by atomic mass is 10.0. The van der Waals surface area contributed by atoms with Gasteiger partial charge >= 0.3 is 0 Å². The number of ether oxygens (including phenoxy) is 1. The van der Waals surface area contributed by atoms with E-state index < -0.39 is 16.1 Å². The van der Waals surface area contributed by atoms with E-state index in [2.05, 4.69) is 308 Å². The van der Waals surface area contributed by atoms with Crippen LogP contribution in [0.4, 0.5) is 0 Å². The molecule has 0 saturated carbocycles. The van der Waals surface area contributed by atoms with E-state index in [1.807, 2.05) is 0 Å². The monoisotopic (exact) mass is 1070 g/mol. The molecule has 0 saturated heterocycles. The van der Waals surface area contributed by atoms with Crippen LogP contribution in [-0.4, -0.2) is 33.1 Å². The summed E-state index contributed by atoms with van der Waals surface area (Å²) < 4.78 is 9.26. The average Bonchev–Trinajstić information content (AvgIpc) is 3.99. The van der Waals surface area contributed by atoms with Gasteiger partial charge in [-0.05, 0) is 107 Å². The molecule has 0 aliphatic heterocycles. The number of para-hydroxylation sites is 2. The predicted octanol–water partition coefficient (Wildman–Crippen LogP) is 13.5. The summed E-state index contributed by atoms with van der Waals surface area (Å²) in [6, 6.07) is 109. The Bertz CT molecular complexity index is 3490. The Balaban J connectivity index is 0.975. The molecule has 0 amide bonds. The zero-order valence-electron chi connectivity index (χ0n) is 44.7. The molecule has 0 aliphatic carbocycles. The molecular formula is C74H65NOSSi2. The molecule has 0 unspecified atom stereocenters. The van der Waals surface area contributed by atoms with Crippen molar-refractivity contribution < 1.29 is 4.74 Å². The second-order valence-corrected chi connectivity index (χ2v) is 28.9. The van der Waals surface area contributed by atoms with E-state index in [9.17, 15) is 0 Å². The first-order valence-electron chi connectivity index (χ1n) is 28.1. The van der Waals surface area contributed by atoms with E-state index in [4.69, 9.17) is 4.74 Å². The molecule has 0 bridgehead atoms. The summed E-state index contributed by atoms with van der Waals surface area (Å²) >= 11 is 4.42. The van der Waals surface area contributed by atoms with Crippen LogP contribution in [0.3, 0.4) is 0 Å². The summed E-state index contributed by atoms with van der Waals surface area (Å²) in [6.07, 6.45) is 7.08. The molecule has 0 radical (unpaired) electrons. The van der Waals surface area contributed by atoms with Crippen molar-refractivity contribution in [3.05, 3.63) is 291 Å². The quantitative estimate of drug-likeness (QED) is 0.0348. The molecule has 0 fully saturated rings. The number of fused-ring (bicyclic) bond motifs is 3. The SMILES string of the molecule is SCCCCCCCCOc1ccccc1-n1c2cc(-c3ccc([Si](c4ccccc4)(c4ccccc4)c4ccccc4)cc3)ccc2c2ccc(-c3ccc([Si](c4ccccc4)(c4ccccc4)c4ccccc4)cc3)cc21. The fraction of sp³-hybridized carbons (Fsp3) is 0.108. The van der Waals surface area contributed by atoms with Crippen molar-refractivity contribution in [1.29, 1.82) is 0 Å². The maximum atomic E-state index is 6.80. The Morgan fingerprint density at radius 2 is 0.595 bits per heavy atom. The van der Waals surface area contributed by atoms with Crippen molar-refractivity contribution in [3.63, 3.8) is 0 Å². The van der Waals surface area contributed by atoms with Crippen LogP contribution in [0.15, 0.2) is 291 Å². The topological polar surface area (TPSA) is 14.2 Å². The molecule has 0 aliphatic rings. The first-order valence-corrected chi connectivity index (χ1v) is 32.8. The lowest BCUT2D eigenvalue weighted by Gasteiger charge is -2.34. The maximum absolute atomic E-state index is 6.80. The van der Waals surface area contributed by atoms with Gasteiger partial charge in [0, 0.05) is 10.8 Å². The second kappa shape index (κ2) is 23.8. The van der Waals surface area contributed by atoms with Gasteiger partial charge in [0.15, 0.2) is 16.1 Å². The number of rotatable bonds is 20. The molecule has 0 N–H and O–H groups in total. The molecular weight excluding hydrogens is 1010 g/mol. The van der Waals surface area contributed by atoms with E-state index in [-0.39, 0.29) is 0 Å². The molecule has 12 rings (SSSR count). The van der Waals surface area contributed by atoms with Gasteiger partial charge in [0.25, 0.3) is 0 Å². The molecule has 0 atom stereocenters. The second-order valence-electron chi connectivity index (χ2n) is 20.8. The highest BCUT2D eigenvalue weighted by Gasteiger charge is 2.42. The lowest BCUT2D eigenvalue weighted by Crippen LogP contribution is -2.74. The first-order chi connectivity index (χ1) is 39.2. The fourth-order valence-corrected chi connectivity index (χ4v) is 22.2.